The van der Waals surface area contributed by atoms with E-state index < -0.39 is 0 Å². The average Bonchev–Trinajstić information content (AvgIpc) is 2.76. The van der Waals surface area contributed by atoms with Crippen LogP contribution in [0.4, 0.5) is 11.4 Å². The number of hydrogen-bond donors (Lipinski definition) is 0. The van der Waals surface area contributed by atoms with Gasteiger partial charge in [0.05, 0.1) is 34.8 Å². The maximum absolute atomic E-state index is 11.5. The number of ether oxygens (including phenoxy) is 1. The van der Waals surface area contributed by atoms with Crippen LogP contribution in [0.3, 0.4) is 0 Å². The van der Waals surface area contributed by atoms with Crippen LogP contribution < -0.4 is 33.4 Å². The van der Waals surface area contributed by atoms with Crippen molar-refractivity contribution in [1.29, 1.82) is 0 Å². The Morgan fingerprint density at radius 2 is 1.77 bits per heavy atom. The molecule has 1 aliphatic heterocycles. The fraction of sp³-hybridized carbons (Fsp3) is 0.120. The number of methoxy groups -OCH3 is 1. The average molecular weight is 508 g/mol. The zero-order chi connectivity index (χ0) is 20.1. The molecule has 0 spiro atoms. The fourth-order valence-corrected chi connectivity index (χ4v) is 4.39. The smallest absolute Gasteiger partial charge is 0.330 e. The summed E-state index contributed by atoms with van der Waals surface area (Å²) in [6.07, 6.45) is 3.25. The highest BCUT2D eigenvalue weighted by atomic mass is 127. The van der Waals surface area contributed by atoms with Crippen LogP contribution in [0.15, 0.2) is 66.7 Å². The summed E-state index contributed by atoms with van der Waals surface area (Å²) in [5.41, 5.74) is 6.99. The van der Waals surface area contributed by atoms with Gasteiger partial charge in [-0.2, -0.15) is 4.57 Å². The van der Waals surface area contributed by atoms with Gasteiger partial charge in [-0.05, 0) is 42.0 Å². The molecule has 0 atom stereocenters. The zero-order valence-corrected chi connectivity index (χ0v) is 19.2. The van der Waals surface area contributed by atoms with Crippen LogP contribution in [0.25, 0.3) is 39.0 Å². The van der Waals surface area contributed by atoms with Crippen molar-refractivity contribution >= 4 is 45.1 Å². The van der Waals surface area contributed by atoms with Gasteiger partial charge >= 0.3 is 5.97 Å². The van der Waals surface area contributed by atoms with Crippen LogP contribution in [-0.2, 0) is 16.6 Å². The van der Waals surface area contributed by atoms with E-state index in [1.165, 1.54) is 46.6 Å². The van der Waals surface area contributed by atoms with Crippen molar-refractivity contribution < 1.29 is 38.1 Å². The summed E-state index contributed by atoms with van der Waals surface area (Å²) in [6, 6.07) is 21.3. The predicted octanol–water partition coefficient (Wildman–Crippen LogP) is 1.76. The van der Waals surface area contributed by atoms with Crippen molar-refractivity contribution in [2.24, 2.45) is 7.05 Å². The first-order valence-electron chi connectivity index (χ1n) is 9.58. The van der Waals surface area contributed by atoms with E-state index in [9.17, 15) is 4.79 Å². The first kappa shape index (κ1) is 20.3. The van der Waals surface area contributed by atoms with Gasteiger partial charge < -0.3 is 33.6 Å². The molecule has 0 N–H and O–H groups in total. The van der Waals surface area contributed by atoms with Gasteiger partial charge in [0, 0.05) is 24.6 Å². The van der Waals surface area contributed by atoms with E-state index in [0.717, 1.165) is 16.5 Å². The minimum absolute atomic E-state index is 0. The number of aromatic nitrogens is 1. The highest BCUT2D eigenvalue weighted by Crippen LogP contribution is 2.46. The molecule has 0 bridgehead atoms. The van der Waals surface area contributed by atoms with Gasteiger partial charge in [-0.1, -0.05) is 24.3 Å². The topological polar surface area (TPSA) is 33.4 Å². The van der Waals surface area contributed by atoms with Crippen molar-refractivity contribution in [3.05, 3.63) is 72.3 Å². The molecule has 0 radical (unpaired) electrons. The normalized spacial score (nSPS) is 12.2. The minimum Gasteiger partial charge on any atom is -1.00 e. The molecule has 150 valence electrons. The largest absolute Gasteiger partial charge is 1.00 e. The number of aryl methyl sites for hydroxylation is 1. The molecule has 2 heterocycles. The monoisotopic (exact) mass is 508 g/mol. The molecule has 0 unspecified atom stereocenters. The molecular formula is C25H21IN2O2. The molecule has 0 aliphatic carbocycles. The molecular weight excluding hydrogens is 487 g/mol. The van der Waals surface area contributed by atoms with Crippen molar-refractivity contribution in [2.45, 2.75) is 0 Å². The summed E-state index contributed by atoms with van der Waals surface area (Å²) < 4.78 is 6.99. The van der Waals surface area contributed by atoms with Crippen molar-refractivity contribution in [3.8, 4) is 11.3 Å². The van der Waals surface area contributed by atoms with E-state index in [-0.39, 0.29) is 29.9 Å². The Kier molecular flexibility index (Phi) is 5.24. The summed E-state index contributed by atoms with van der Waals surface area (Å²) in [4.78, 5) is 13.7. The van der Waals surface area contributed by atoms with E-state index in [2.05, 4.69) is 78.2 Å². The molecule has 0 fully saturated rings. The van der Waals surface area contributed by atoms with Crippen LogP contribution in [-0.4, -0.2) is 20.1 Å². The number of pyridine rings is 1. The number of carbonyl (C=O) groups excluding carboxylic acids is 1. The lowest BCUT2D eigenvalue weighted by atomic mass is 9.92. The lowest BCUT2D eigenvalue weighted by Gasteiger charge is -2.28. The molecule has 1 aliphatic rings. The van der Waals surface area contributed by atoms with Gasteiger partial charge in [-0.3, -0.25) is 0 Å². The summed E-state index contributed by atoms with van der Waals surface area (Å²) >= 11 is 0. The van der Waals surface area contributed by atoms with Crippen molar-refractivity contribution in [3.63, 3.8) is 0 Å². The molecule has 0 amide bonds. The van der Waals surface area contributed by atoms with Gasteiger partial charge in [0.25, 0.3) is 0 Å². The number of para-hydroxylation sites is 1. The first-order chi connectivity index (χ1) is 14.1. The first-order valence-corrected chi connectivity index (χ1v) is 9.58. The summed E-state index contributed by atoms with van der Waals surface area (Å²) in [6.45, 7) is 0. The van der Waals surface area contributed by atoms with E-state index in [0.29, 0.717) is 0 Å². The number of nitrogens with zero attached hydrogens (tertiary/aromatic N) is 2. The second-order valence-electron chi connectivity index (χ2n) is 7.32. The maximum atomic E-state index is 11.5. The van der Waals surface area contributed by atoms with E-state index in [4.69, 9.17) is 4.74 Å². The highest BCUT2D eigenvalue weighted by Gasteiger charge is 2.30. The number of esters is 1. The van der Waals surface area contributed by atoms with Crippen LogP contribution in [0.2, 0.25) is 0 Å². The number of benzene rings is 3. The number of anilines is 2. The molecule has 3 aromatic carbocycles. The lowest BCUT2D eigenvalue weighted by molar-refractivity contribution is -0.632. The van der Waals surface area contributed by atoms with E-state index in [1.807, 2.05) is 6.07 Å². The van der Waals surface area contributed by atoms with Gasteiger partial charge in [0.2, 0.25) is 11.2 Å². The Bertz CT molecular complexity index is 1340. The summed E-state index contributed by atoms with van der Waals surface area (Å²) in [5.74, 6) is -0.356. The number of hydrogen-bond acceptors (Lipinski definition) is 3. The van der Waals surface area contributed by atoms with Crippen LogP contribution in [0.5, 0.6) is 0 Å². The second kappa shape index (κ2) is 7.72. The standard InChI is InChI=1S/C25H21N2O2.HI/c1-26-20-9-5-4-7-18(20)25-24-17(8-6-10-22(24)26)19-15-16(12-14-23(28)29-3)11-13-21(19)27(25)2;/h4-15H,1-3H3;1H/q+1;/p-1/b14-12+;. The SMILES string of the molecule is COC(=O)/C=C/c1ccc2c(c1)c1cccc3c1c([n+]2C)-c1ccccc1N3C.[I-]. The Balaban J connectivity index is 0.00000218. The molecule has 4 nitrogen and oxygen atoms in total. The highest BCUT2D eigenvalue weighted by molar-refractivity contribution is 6.17. The van der Waals surface area contributed by atoms with E-state index >= 15 is 0 Å². The number of halogens is 1. The van der Waals surface area contributed by atoms with Crippen molar-refractivity contribution in [2.75, 3.05) is 19.1 Å². The van der Waals surface area contributed by atoms with Crippen molar-refractivity contribution in [1.82, 2.24) is 0 Å². The van der Waals surface area contributed by atoms with Gasteiger partial charge in [-0.15, -0.1) is 0 Å². The lowest BCUT2D eigenvalue weighted by Crippen LogP contribution is -3.00. The number of fused-ring (bicyclic) bond motifs is 4. The molecule has 30 heavy (non-hydrogen) atoms. The predicted molar refractivity (Wildman–Crippen MR) is 117 cm³/mol. The zero-order valence-electron chi connectivity index (χ0n) is 17.0. The van der Waals surface area contributed by atoms with E-state index in [1.54, 1.807) is 6.08 Å². The molecule has 1 aromatic heterocycles. The Morgan fingerprint density at radius 1 is 1.00 bits per heavy atom. The van der Waals surface area contributed by atoms with Crippen LogP contribution in [0, 0.1) is 0 Å². The maximum Gasteiger partial charge on any atom is 0.330 e. The molecule has 5 rings (SSSR count). The quantitative estimate of drug-likeness (QED) is 0.136. The molecule has 0 saturated heterocycles. The second-order valence-corrected chi connectivity index (χ2v) is 7.32. The molecule has 0 saturated carbocycles. The van der Waals surface area contributed by atoms with Crippen LogP contribution >= 0.6 is 0 Å². The number of rotatable bonds is 2. The van der Waals surface area contributed by atoms with Gasteiger partial charge in [-0.25, -0.2) is 4.79 Å². The van der Waals surface area contributed by atoms with Gasteiger partial charge in [0.15, 0.2) is 0 Å². The fourth-order valence-electron chi connectivity index (χ4n) is 4.39. The third-order valence-corrected chi connectivity index (χ3v) is 5.78. The summed E-state index contributed by atoms with van der Waals surface area (Å²) in [5, 5.41) is 3.62. The number of carbonyl (C=O) groups is 1. The Labute approximate surface area is 192 Å². The minimum atomic E-state index is -0.356. The summed E-state index contributed by atoms with van der Waals surface area (Å²) in [7, 11) is 5.63. The Morgan fingerprint density at radius 3 is 2.57 bits per heavy atom. The molecule has 5 heteroatoms. The van der Waals surface area contributed by atoms with Gasteiger partial charge in [0.1, 0.15) is 7.05 Å². The Hall–Kier alpha value is -2.93. The van der Waals surface area contributed by atoms with Crippen LogP contribution in [0.1, 0.15) is 5.56 Å². The third-order valence-electron chi connectivity index (χ3n) is 5.78. The third kappa shape index (κ3) is 2.96. The molecule has 4 aromatic rings.